The van der Waals surface area contributed by atoms with Gasteiger partial charge in [-0.15, -0.1) is 0 Å². The van der Waals surface area contributed by atoms with E-state index >= 15 is 0 Å². The SMILES string of the molecule is Cc1cccc2c(-c3cnn4cc(N5CC(N6CCN(C)CC6)C5)cnc34)cccc12. The van der Waals surface area contributed by atoms with Crippen molar-refractivity contribution in [1.29, 1.82) is 0 Å². The third-order valence-electron chi connectivity index (χ3n) is 7.05. The Kier molecular flexibility index (Phi) is 4.44. The minimum atomic E-state index is 0.663. The smallest absolute Gasteiger partial charge is 0.162 e. The molecule has 6 nitrogen and oxygen atoms in total. The second-order valence-corrected chi connectivity index (χ2v) is 9.01. The predicted molar refractivity (Wildman–Crippen MR) is 126 cm³/mol. The minimum absolute atomic E-state index is 0.663. The molecule has 2 aromatic carbocycles. The molecule has 4 aromatic rings. The van der Waals surface area contributed by atoms with Crippen molar-refractivity contribution in [3.05, 3.63) is 60.6 Å². The van der Waals surface area contributed by atoms with Crippen LogP contribution in [0.4, 0.5) is 5.69 Å². The zero-order chi connectivity index (χ0) is 20.9. The van der Waals surface area contributed by atoms with Crippen LogP contribution in [-0.4, -0.2) is 76.8 Å². The molecule has 0 saturated carbocycles. The Balaban J connectivity index is 1.26. The highest BCUT2D eigenvalue weighted by molar-refractivity contribution is 6.00. The Morgan fingerprint density at radius 2 is 1.65 bits per heavy atom. The summed E-state index contributed by atoms with van der Waals surface area (Å²) in [6, 6.07) is 13.6. The summed E-state index contributed by atoms with van der Waals surface area (Å²) in [7, 11) is 2.21. The van der Waals surface area contributed by atoms with E-state index in [0.717, 1.165) is 30.0 Å². The normalized spacial score (nSPS) is 18.7. The van der Waals surface area contributed by atoms with E-state index in [1.165, 1.54) is 48.1 Å². The van der Waals surface area contributed by atoms with Crippen molar-refractivity contribution in [2.24, 2.45) is 0 Å². The van der Waals surface area contributed by atoms with Gasteiger partial charge in [-0.1, -0.05) is 36.4 Å². The number of aromatic nitrogens is 3. The van der Waals surface area contributed by atoms with Gasteiger partial charge in [0.15, 0.2) is 5.65 Å². The van der Waals surface area contributed by atoms with Crippen molar-refractivity contribution in [2.45, 2.75) is 13.0 Å². The highest BCUT2D eigenvalue weighted by Gasteiger charge is 2.33. The molecule has 0 bridgehead atoms. The maximum atomic E-state index is 4.84. The molecule has 31 heavy (non-hydrogen) atoms. The maximum absolute atomic E-state index is 4.84. The first-order chi connectivity index (χ1) is 15.2. The molecule has 0 amide bonds. The second-order valence-electron chi connectivity index (χ2n) is 9.01. The molecule has 2 aromatic heterocycles. The number of likely N-dealkylation sites (N-methyl/N-ethyl adjacent to an activating group) is 1. The first kappa shape index (κ1) is 18.8. The maximum Gasteiger partial charge on any atom is 0.162 e. The Bertz CT molecular complexity index is 1250. The summed E-state index contributed by atoms with van der Waals surface area (Å²) < 4.78 is 1.93. The van der Waals surface area contributed by atoms with E-state index in [1.54, 1.807) is 0 Å². The number of hydrogen-bond acceptors (Lipinski definition) is 5. The summed E-state index contributed by atoms with van der Waals surface area (Å²) in [5.41, 5.74) is 5.63. The lowest BCUT2D eigenvalue weighted by Gasteiger charge is -2.48. The molecule has 0 atom stereocenters. The van der Waals surface area contributed by atoms with Crippen LogP contribution < -0.4 is 4.90 Å². The summed E-state index contributed by atoms with van der Waals surface area (Å²) >= 11 is 0. The van der Waals surface area contributed by atoms with Gasteiger partial charge in [0.2, 0.25) is 0 Å². The molecule has 2 fully saturated rings. The van der Waals surface area contributed by atoms with Crippen LogP contribution in [0.2, 0.25) is 0 Å². The average Bonchev–Trinajstić information content (AvgIpc) is 3.17. The number of piperazine rings is 1. The van der Waals surface area contributed by atoms with Gasteiger partial charge in [0.05, 0.1) is 24.3 Å². The summed E-state index contributed by atoms with van der Waals surface area (Å²) in [6.07, 6.45) is 6.09. The van der Waals surface area contributed by atoms with E-state index in [2.05, 4.69) is 76.4 Å². The number of benzene rings is 2. The quantitative estimate of drug-likeness (QED) is 0.516. The molecule has 2 aliphatic heterocycles. The third kappa shape index (κ3) is 3.18. The van der Waals surface area contributed by atoms with Crippen LogP contribution in [-0.2, 0) is 0 Å². The molecular weight excluding hydrogens is 384 g/mol. The number of rotatable bonds is 3. The molecule has 4 heterocycles. The van der Waals surface area contributed by atoms with Gasteiger partial charge in [0.25, 0.3) is 0 Å². The predicted octanol–water partition coefficient (Wildman–Crippen LogP) is 3.29. The Hall–Kier alpha value is -2.96. The number of aryl methyl sites for hydroxylation is 1. The van der Waals surface area contributed by atoms with Crippen molar-refractivity contribution < 1.29 is 0 Å². The van der Waals surface area contributed by atoms with Crippen LogP contribution in [0.5, 0.6) is 0 Å². The van der Waals surface area contributed by atoms with Crippen LogP contribution in [0.3, 0.4) is 0 Å². The number of fused-ring (bicyclic) bond motifs is 2. The van der Waals surface area contributed by atoms with Gasteiger partial charge in [0.1, 0.15) is 0 Å². The highest BCUT2D eigenvalue weighted by Crippen LogP contribution is 2.33. The van der Waals surface area contributed by atoms with Crippen LogP contribution in [0.25, 0.3) is 27.5 Å². The van der Waals surface area contributed by atoms with Gasteiger partial charge in [-0.05, 0) is 35.9 Å². The zero-order valence-corrected chi connectivity index (χ0v) is 18.2. The summed E-state index contributed by atoms with van der Waals surface area (Å²) in [4.78, 5) is 12.3. The van der Waals surface area contributed by atoms with Crippen molar-refractivity contribution in [1.82, 2.24) is 24.4 Å². The van der Waals surface area contributed by atoms with Gasteiger partial charge >= 0.3 is 0 Å². The van der Waals surface area contributed by atoms with E-state index < -0.39 is 0 Å². The van der Waals surface area contributed by atoms with Gasteiger partial charge in [-0.2, -0.15) is 5.10 Å². The van der Waals surface area contributed by atoms with Crippen molar-refractivity contribution in [3.63, 3.8) is 0 Å². The number of hydrogen-bond donors (Lipinski definition) is 0. The lowest BCUT2D eigenvalue weighted by molar-refractivity contribution is 0.0963. The summed E-state index contributed by atoms with van der Waals surface area (Å²) in [5.74, 6) is 0. The molecule has 0 radical (unpaired) electrons. The molecular formula is C25H28N6. The molecule has 6 rings (SSSR count). The fourth-order valence-electron chi connectivity index (χ4n) is 5.00. The van der Waals surface area contributed by atoms with Crippen molar-refractivity contribution >= 4 is 22.1 Å². The fraction of sp³-hybridized carbons (Fsp3) is 0.360. The molecule has 0 spiro atoms. The third-order valence-corrected chi connectivity index (χ3v) is 7.05. The first-order valence-corrected chi connectivity index (χ1v) is 11.2. The fourth-order valence-corrected chi connectivity index (χ4v) is 5.00. The van der Waals surface area contributed by atoms with Gasteiger partial charge in [0, 0.05) is 50.9 Å². The summed E-state index contributed by atoms with van der Waals surface area (Å²) in [5, 5.41) is 7.19. The van der Waals surface area contributed by atoms with Gasteiger partial charge < -0.3 is 9.80 Å². The first-order valence-electron chi connectivity index (χ1n) is 11.2. The topological polar surface area (TPSA) is 39.9 Å². The Morgan fingerprint density at radius 3 is 2.48 bits per heavy atom. The standard InChI is InChI=1S/C25H28N6/c1-18-5-3-7-22-21(18)6-4-8-23(22)24-14-27-31-17-19(13-26-25(24)31)30-15-20(16-30)29-11-9-28(2)10-12-29/h3-8,13-14,17,20H,9-12,15-16H2,1-2H3. The second kappa shape index (κ2) is 7.32. The van der Waals surface area contributed by atoms with Crippen LogP contribution >= 0.6 is 0 Å². The average molecular weight is 413 g/mol. The lowest BCUT2D eigenvalue weighted by Crippen LogP contribution is -2.63. The van der Waals surface area contributed by atoms with E-state index in [4.69, 9.17) is 4.98 Å². The van der Waals surface area contributed by atoms with Crippen molar-refractivity contribution in [3.8, 4) is 11.1 Å². The van der Waals surface area contributed by atoms with E-state index in [9.17, 15) is 0 Å². The van der Waals surface area contributed by atoms with E-state index in [1.807, 2.05) is 16.9 Å². The largest absolute Gasteiger partial charge is 0.366 e. The van der Waals surface area contributed by atoms with Crippen LogP contribution in [0.1, 0.15) is 5.56 Å². The number of anilines is 1. The Labute approximate surface area is 182 Å². The van der Waals surface area contributed by atoms with Crippen molar-refractivity contribution in [2.75, 3.05) is 51.2 Å². The molecule has 0 aliphatic carbocycles. The Morgan fingerprint density at radius 1 is 0.871 bits per heavy atom. The van der Waals surface area contributed by atoms with Gasteiger partial charge in [-0.25, -0.2) is 9.50 Å². The lowest BCUT2D eigenvalue weighted by atomic mass is 9.97. The number of nitrogens with zero attached hydrogens (tertiary/aromatic N) is 6. The molecule has 158 valence electrons. The monoisotopic (exact) mass is 412 g/mol. The van der Waals surface area contributed by atoms with Crippen LogP contribution in [0, 0.1) is 6.92 Å². The molecule has 2 aliphatic rings. The van der Waals surface area contributed by atoms with E-state index in [0.29, 0.717) is 6.04 Å². The van der Waals surface area contributed by atoms with E-state index in [-0.39, 0.29) is 0 Å². The zero-order valence-electron chi connectivity index (χ0n) is 18.2. The highest BCUT2D eigenvalue weighted by atomic mass is 15.4. The summed E-state index contributed by atoms with van der Waals surface area (Å²) in [6.45, 7) is 9.02. The molecule has 0 unspecified atom stereocenters. The van der Waals surface area contributed by atoms with Crippen LogP contribution in [0.15, 0.2) is 55.0 Å². The van der Waals surface area contributed by atoms with Gasteiger partial charge in [-0.3, -0.25) is 4.90 Å². The molecule has 0 N–H and O–H groups in total. The molecule has 6 heteroatoms. The minimum Gasteiger partial charge on any atom is -0.366 e. The molecule has 2 saturated heterocycles.